The van der Waals surface area contributed by atoms with Gasteiger partial charge in [-0.2, -0.15) is 30.5 Å². The summed E-state index contributed by atoms with van der Waals surface area (Å²) in [4.78, 5) is 0. The van der Waals surface area contributed by atoms with Crippen molar-refractivity contribution < 1.29 is 60.2 Å². The van der Waals surface area contributed by atoms with E-state index in [1.807, 2.05) is 0 Å². The molecule has 0 aliphatic carbocycles. The highest BCUT2D eigenvalue weighted by atomic mass is 31.3. The van der Waals surface area contributed by atoms with Gasteiger partial charge in [0.1, 0.15) is 0 Å². The molecular weight excluding hydrogens is 479 g/mol. The second-order valence-electron chi connectivity index (χ2n) is 3.77. The van der Waals surface area contributed by atoms with Crippen LogP contribution in [0.25, 0.3) is 0 Å². The molecule has 1 rings (SSSR count). The normalized spacial score (nSPS) is 28.7. The number of hydrogen-bond donors (Lipinski definition) is 0. The topological polar surface area (TPSA) is 58.7 Å². The number of halogens is 13. The van der Waals surface area contributed by atoms with E-state index in [9.17, 15) is 55.7 Å². The molecule has 0 saturated carbocycles. The summed E-state index contributed by atoms with van der Waals surface area (Å²) in [5.41, 5.74) is 0. The number of alkyl halides is 6. The molecule has 150 valence electrons. The average Bonchev–Trinajstić information content (AvgIpc) is 2.14. The Morgan fingerprint density at radius 3 is 1.24 bits per heavy atom. The van der Waals surface area contributed by atoms with Crippen LogP contribution in [0, 0.1) is 0 Å². The van der Waals surface area contributed by atoms with Crippen molar-refractivity contribution in [1.82, 2.24) is 0 Å². The monoisotopic (exact) mass is 480 g/mol. The summed E-state index contributed by atoms with van der Waals surface area (Å²) in [7, 11) is -27.9. The zero-order valence-corrected chi connectivity index (χ0v) is 14.1. The molecule has 22 heteroatoms. The molecule has 25 heavy (non-hydrogen) atoms. The molecule has 5 nitrogen and oxygen atoms in total. The lowest BCUT2D eigenvalue weighted by atomic mass is 10.3. The fourth-order valence-corrected chi connectivity index (χ4v) is 7.98. The van der Waals surface area contributed by atoms with Crippen LogP contribution in [0.15, 0.2) is 18.1 Å². The van der Waals surface area contributed by atoms with Crippen LogP contribution in [0.4, 0.5) is 55.7 Å². The van der Waals surface area contributed by atoms with Gasteiger partial charge in [-0.25, -0.2) is 0 Å². The second-order valence-corrected chi connectivity index (χ2v) is 10.5. The van der Waals surface area contributed by atoms with Gasteiger partial charge >= 0.3 is 43.6 Å². The van der Waals surface area contributed by atoms with E-state index in [2.05, 4.69) is 4.52 Å². The lowest BCUT2D eigenvalue weighted by molar-refractivity contribution is -0.300. The van der Waals surface area contributed by atoms with Gasteiger partial charge in [-0.3, -0.25) is 4.52 Å². The molecule has 1 atom stereocenters. The van der Waals surface area contributed by atoms with Crippen molar-refractivity contribution in [3.63, 3.8) is 0 Å². The lowest BCUT2D eigenvalue weighted by Gasteiger charge is -2.25. The van der Waals surface area contributed by atoms with Crippen molar-refractivity contribution in [3.8, 4) is 0 Å². The minimum Gasteiger partial charge on any atom is -0.280 e. The summed E-state index contributed by atoms with van der Waals surface area (Å²) in [5.74, 6) is 0. The van der Waals surface area contributed by atoms with E-state index in [0.717, 1.165) is 0 Å². The fraction of sp³-hybridized carbons (Fsp3) is 1.00. The Balaban J connectivity index is 3.66. The van der Waals surface area contributed by atoms with E-state index in [-0.39, 0.29) is 0 Å². The van der Waals surface area contributed by atoms with Crippen LogP contribution < -0.4 is 0 Å². The molecule has 0 aromatic carbocycles. The third kappa shape index (κ3) is 6.89. The molecule has 0 aromatic rings. The zero-order valence-electron chi connectivity index (χ0n) is 10.5. The molecule has 1 heterocycles. The molecule has 1 unspecified atom stereocenters. The first-order valence-electron chi connectivity index (χ1n) is 4.91. The SMILES string of the molecule is FC(F)(F)C(OP1(F)=NP(F)(F)=NP(F)(F)=NP(F)(F)=N1)C(F)(F)F. The van der Waals surface area contributed by atoms with Gasteiger partial charge in [0, 0.05) is 0 Å². The van der Waals surface area contributed by atoms with Crippen LogP contribution in [0.2, 0.25) is 0 Å². The van der Waals surface area contributed by atoms with Crippen molar-refractivity contribution in [2.24, 2.45) is 18.1 Å². The van der Waals surface area contributed by atoms with Crippen LogP contribution in [0.3, 0.4) is 0 Å². The highest BCUT2D eigenvalue weighted by molar-refractivity contribution is 7.77. The molecule has 0 radical (unpaired) electrons. The first-order valence-corrected chi connectivity index (χ1v) is 10.8. The van der Waals surface area contributed by atoms with E-state index in [1.54, 1.807) is 0 Å². The van der Waals surface area contributed by atoms with E-state index < -0.39 is 49.7 Å². The van der Waals surface area contributed by atoms with Gasteiger partial charge in [-0.15, -0.1) is 43.2 Å². The molecule has 0 aromatic heterocycles. The summed E-state index contributed by atoms with van der Waals surface area (Å²) < 4.78 is 173. The molecule has 0 bridgehead atoms. The van der Waals surface area contributed by atoms with E-state index in [0.29, 0.717) is 0 Å². The van der Waals surface area contributed by atoms with E-state index in [4.69, 9.17) is 0 Å². The Morgan fingerprint density at radius 2 is 0.880 bits per heavy atom. The maximum atomic E-state index is 13.9. The van der Waals surface area contributed by atoms with Gasteiger partial charge in [-0.05, 0) is 0 Å². The average molecular weight is 480 g/mol. The Kier molecular flexibility index (Phi) is 6.02. The molecule has 1 aliphatic heterocycles. The highest BCUT2D eigenvalue weighted by Gasteiger charge is 2.61. The maximum Gasteiger partial charge on any atom is 0.425 e. The van der Waals surface area contributed by atoms with Gasteiger partial charge in [0.15, 0.2) is 0 Å². The molecule has 0 spiro atoms. The van der Waals surface area contributed by atoms with Crippen molar-refractivity contribution >= 4 is 31.2 Å². The van der Waals surface area contributed by atoms with Crippen molar-refractivity contribution in [2.45, 2.75) is 18.5 Å². The Bertz CT molecular complexity index is 730. The zero-order chi connectivity index (χ0) is 20.1. The third-order valence-electron chi connectivity index (χ3n) is 1.70. The fourth-order valence-electron chi connectivity index (χ4n) is 1.08. The lowest BCUT2D eigenvalue weighted by Crippen LogP contribution is -2.43. The first kappa shape index (κ1) is 23.0. The smallest absolute Gasteiger partial charge is 0.280 e. The quantitative estimate of drug-likeness (QED) is 0.288. The summed E-state index contributed by atoms with van der Waals surface area (Å²) >= 11 is 0. The predicted molar refractivity (Wildman–Crippen MR) is 62.1 cm³/mol. The van der Waals surface area contributed by atoms with Gasteiger partial charge in [0.2, 0.25) is 0 Å². The van der Waals surface area contributed by atoms with Crippen LogP contribution in [0.5, 0.6) is 0 Å². The molecule has 0 saturated heterocycles. The van der Waals surface area contributed by atoms with Crippen molar-refractivity contribution in [1.29, 1.82) is 0 Å². The maximum absolute atomic E-state index is 13.9. The van der Waals surface area contributed by atoms with Crippen molar-refractivity contribution in [2.75, 3.05) is 0 Å². The number of rotatable bonds is 2. The van der Waals surface area contributed by atoms with Crippen molar-refractivity contribution in [3.05, 3.63) is 0 Å². The summed E-state index contributed by atoms with van der Waals surface area (Å²) in [5, 5.41) is 0. The van der Waals surface area contributed by atoms with Gasteiger partial charge in [0.25, 0.3) is 6.10 Å². The molecule has 0 fully saturated rings. The predicted octanol–water partition coefficient (Wildman–Crippen LogP) is 9.08. The van der Waals surface area contributed by atoms with E-state index in [1.165, 1.54) is 18.1 Å². The van der Waals surface area contributed by atoms with Gasteiger partial charge < -0.3 is 0 Å². The number of nitrogens with zero attached hydrogens (tertiary/aromatic N) is 4. The molecule has 1 aliphatic rings. The third-order valence-corrected chi connectivity index (χ3v) is 9.11. The van der Waals surface area contributed by atoms with Crippen LogP contribution in [-0.4, -0.2) is 18.5 Å². The number of hydrogen-bond acceptors (Lipinski definition) is 5. The Morgan fingerprint density at radius 1 is 0.560 bits per heavy atom. The standard InChI is InChI=1S/C3HF13N4OP4/c4-2(5,6)1(3(7,8)9)21-25(16)19-23(12,13)17-22(10,11)18-24(14,15)20-25/h1H. The summed E-state index contributed by atoms with van der Waals surface area (Å²) in [6.07, 6.45) is -18.1. The summed E-state index contributed by atoms with van der Waals surface area (Å²) in [6.45, 7) is 0. The minimum atomic E-state index is -7.08. The Labute approximate surface area is 129 Å². The largest absolute Gasteiger partial charge is 0.425 e. The Hall–Kier alpha value is -0.0300. The van der Waals surface area contributed by atoms with Crippen LogP contribution in [-0.2, 0) is 4.52 Å². The molecular formula is C3HF13N4OP4. The highest BCUT2D eigenvalue weighted by Crippen LogP contribution is 2.82. The van der Waals surface area contributed by atoms with Crippen LogP contribution in [0.1, 0.15) is 0 Å². The van der Waals surface area contributed by atoms with Gasteiger partial charge in [-0.1, -0.05) is 0 Å². The molecule has 0 N–H and O–H groups in total. The second kappa shape index (κ2) is 6.54. The van der Waals surface area contributed by atoms with Crippen LogP contribution >= 0.6 is 31.2 Å². The van der Waals surface area contributed by atoms with E-state index >= 15 is 0 Å². The minimum absolute atomic E-state index is 1.18. The summed E-state index contributed by atoms with van der Waals surface area (Å²) in [6, 6.07) is 0. The molecule has 0 amide bonds. The first-order chi connectivity index (χ1) is 10.7. The van der Waals surface area contributed by atoms with Gasteiger partial charge in [0.05, 0.1) is 0 Å².